The maximum atomic E-state index is 8.67. The van der Waals surface area contributed by atoms with Crippen molar-refractivity contribution in [1.82, 2.24) is 4.90 Å². The van der Waals surface area contributed by atoms with Gasteiger partial charge in [0.1, 0.15) is 0 Å². The number of oxime groups is 1. The highest BCUT2D eigenvalue weighted by Gasteiger charge is 2.16. The third kappa shape index (κ3) is 2.56. The van der Waals surface area contributed by atoms with Crippen molar-refractivity contribution in [3.8, 4) is 0 Å². The van der Waals surface area contributed by atoms with Crippen molar-refractivity contribution in [3.63, 3.8) is 0 Å². The Balaban J connectivity index is 2.20. The zero-order valence-electron chi connectivity index (χ0n) is 10.9. The second-order valence-corrected chi connectivity index (χ2v) is 4.78. The van der Waals surface area contributed by atoms with Crippen LogP contribution in [0.2, 0.25) is 0 Å². The number of rotatable bonds is 2. The molecular formula is C13H20N4O. The van der Waals surface area contributed by atoms with Gasteiger partial charge < -0.3 is 20.7 Å². The van der Waals surface area contributed by atoms with Gasteiger partial charge in [-0.05, 0) is 37.7 Å². The summed E-state index contributed by atoms with van der Waals surface area (Å²) in [4.78, 5) is 4.71. The zero-order chi connectivity index (χ0) is 13.1. The third-order valence-corrected chi connectivity index (χ3v) is 3.44. The normalized spacial score (nSPS) is 18.1. The van der Waals surface area contributed by atoms with E-state index in [-0.39, 0.29) is 5.84 Å². The van der Waals surface area contributed by atoms with Crippen molar-refractivity contribution in [2.75, 3.05) is 38.1 Å². The minimum absolute atomic E-state index is 0.156. The fourth-order valence-electron chi connectivity index (χ4n) is 2.27. The van der Waals surface area contributed by atoms with Crippen molar-refractivity contribution in [1.29, 1.82) is 0 Å². The molecule has 1 fully saturated rings. The van der Waals surface area contributed by atoms with E-state index in [0.717, 1.165) is 37.3 Å². The highest BCUT2D eigenvalue weighted by molar-refractivity contribution is 5.97. The third-order valence-electron chi connectivity index (χ3n) is 3.44. The number of anilines is 1. The summed E-state index contributed by atoms with van der Waals surface area (Å²) in [6.07, 6.45) is 0. The number of nitrogens with two attached hydrogens (primary N) is 1. The van der Waals surface area contributed by atoms with E-state index in [2.05, 4.69) is 28.9 Å². The Morgan fingerprint density at radius 1 is 1.28 bits per heavy atom. The van der Waals surface area contributed by atoms with Crippen LogP contribution in [-0.2, 0) is 0 Å². The number of hydrogen-bond acceptors (Lipinski definition) is 4. The number of hydrogen-bond donors (Lipinski definition) is 2. The molecule has 0 aliphatic carbocycles. The molecule has 3 N–H and O–H groups in total. The second kappa shape index (κ2) is 5.27. The molecule has 1 aromatic rings. The van der Waals surface area contributed by atoms with Crippen LogP contribution < -0.4 is 10.6 Å². The lowest BCUT2D eigenvalue weighted by molar-refractivity contribution is 0.312. The smallest absolute Gasteiger partial charge is 0.170 e. The summed E-state index contributed by atoms with van der Waals surface area (Å²) >= 11 is 0. The summed E-state index contributed by atoms with van der Waals surface area (Å²) in [7, 11) is 2.14. The average Bonchev–Trinajstić information content (AvgIpc) is 2.39. The van der Waals surface area contributed by atoms with Crippen LogP contribution in [0.5, 0.6) is 0 Å². The topological polar surface area (TPSA) is 65.1 Å². The van der Waals surface area contributed by atoms with Gasteiger partial charge in [0, 0.05) is 37.4 Å². The molecule has 0 aromatic heterocycles. The first-order valence-electron chi connectivity index (χ1n) is 6.14. The highest BCUT2D eigenvalue weighted by atomic mass is 16.4. The van der Waals surface area contributed by atoms with Gasteiger partial charge in [0.2, 0.25) is 0 Å². The molecule has 1 aliphatic rings. The van der Waals surface area contributed by atoms with Gasteiger partial charge in [0.05, 0.1) is 0 Å². The Labute approximate surface area is 107 Å². The van der Waals surface area contributed by atoms with E-state index in [9.17, 15) is 0 Å². The monoisotopic (exact) mass is 248 g/mol. The van der Waals surface area contributed by atoms with E-state index in [4.69, 9.17) is 10.9 Å². The maximum Gasteiger partial charge on any atom is 0.170 e. The van der Waals surface area contributed by atoms with Crippen LogP contribution in [0.25, 0.3) is 0 Å². The number of piperazine rings is 1. The van der Waals surface area contributed by atoms with Gasteiger partial charge in [-0.25, -0.2) is 0 Å². The number of benzene rings is 1. The van der Waals surface area contributed by atoms with Crippen LogP contribution in [-0.4, -0.2) is 49.2 Å². The molecule has 1 heterocycles. The molecule has 18 heavy (non-hydrogen) atoms. The fourth-order valence-corrected chi connectivity index (χ4v) is 2.27. The summed E-state index contributed by atoms with van der Waals surface area (Å²) in [5.74, 6) is 0.156. The van der Waals surface area contributed by atoms with Crippen LogP contribution in [0.1, 0.15) is 11.1 Å². The van der Waals surface area contributed by atoms with Crippen LogP contribution >= 0.6 is 0 Å². The zero-order valence-corrected chi connectivity index (χ0v) is 10.9. The SMILES string of the molecule is Cc1cc(/C(N)=N/O)ccc1N1CCN(C)CC1. The quantitative estimate of drug-likeness (QED) is 0.352. The van der Waals surface area contributed by atoms with Crippen molar-refractivity contribution < 1.29 is 5.21 Å². The molecule has 1 aromatic carbocycles. The van der Waals surface area contributed by atoms with Gasteiger partial charge in [0.25, 0.3) is 0 Å². The first kappa shape index (κ1) is 12.7. The van der Waals surface area contributed by atoms with Gasteiger partial charge in [0.15, 0.2) is 5.84 Å². The summed E-state index contributed by atoms with van der Waals surface area (Å²) in [5.41, 5.74) is 8.74. The molecule has 5 heteroatoms. The number of likely N-dealkylation sites (N-methyl/N-ethyl adjacent to an activating group) is 1. The molecule has 1 aliphatic heterocycles. The molecule has 0 radical (unpaired) electrons. The van der Waals surface area contributed by atoms with E-state index in [1.165, 1.54) is 5.69 Å². The second-order valence-electron chi connectivity index (χ2n) is 4.78. The molecule has 0 atom stereocenters. The Bertz CT molecular complexity index is 450. The largest absolute Gasteiger partial charge is 0.409 e. The molecule has 0 amide bonds. The minimum atomic E-state index is 0.156. The van der Waals surface area contributed by atoms with Crippen molar-refractivity contribution >= 4 is 11.5 Å². The van der Waals surface area contributed by atoms with E-state index < -0.39 is 0 Å². The highest BCUT2D eigenvalue weighted by Crippen LogP contribution is 2.22. The molecule has 0 saturated carbocycles. The number of aryl methyl sites for hydroxylation is 1. The Hall–Kier alpha value is -1.75. The first-order valence-corrected chi connectivity index (χ1v) is 6.14. The summed E-state index contributed by atoms with van der Waals surface area (Å²) in [5, 5.41) is 11.7. The van der Waals surface area contributed by atoms with Crippen molar-refractivity contribution in [2.24, 2.45) is 10.9 Å². The predicted octanol–water partition coefficient (Wildman–Crippen LogP) is 0.841. The molecular weight excluding hydrogens is 228 g/mol. The summed E-state index contributed by atoms with van der Waals surface area (Å²) in [6, 6.07) is 5.91. The van der Waals surface area contributed by atoms with Crippen LogP contribution in [0.3, 0.4) is 0 Å². The number of nitrogens with zero attached hydrogens (tertiary/aromatic N) is 3. The predicted molar refractivity (Wildman–Crippen MR) is 73.4 cm³/mol. The van der Waals surface area contributed by atoms with E-state index >= 15 is 0 Å². The molecule has 98 valence electrons. The summed E-state index contributed by atoms with van der Waals surface area (Å²) in [6.45, 7) is 6.31. The Morgan fingerprint density at radius 2 is 1.94 bits per heavy atom. The van der Waals surface area contributed by atoms with Gasteiger partial charge in [-0.15, -0.1) is 0 Å². The van der Waals surface area contributed by atoms with Crippen LogP contribution in [0.15, 0.2) is 23.4 Å². The first-order chi connectivity index (χ1) is 8.61. The fraction of sp³-hybridized carbons (Fsp3) is 0.462. The molecule has 2 rings (SSSR count). The van der Waals surface area contributed by atoms with Crippen molar-refractivity contribution in [2.45, 2.75) is 6.92 Å². The van der Waals surface area contributed by atoms with Crippen molar-refractivity contribution in [3.05, 3.63) is 29.3 Å². The minimum Gasteiger partial charge on any atom is -0.409 e. The van der Waals surface area contributed by atoms with Gasteiger partial charge in [-0.1, -0.05) is 5.16 Å². The van der Waals surface area contributed by atoms with Gasteiger partial charge >= 0.3 is 0 Å². The molecule has 0 bridgehead atoms. The average molecular weight is 248 g/mol. The number of amidine groups is 1. The molecule has 0 spiro atoms. The lowest BCUT2D eigenvalue weighted by Gasteiger charge is -2.35. The molecule has 5 nitrogen and oxygen atoms in total. The maximum absolute atomic E-state index is 8.67. The van der Waals surface area contributed by atoms with Gasteiger partial charge in [-0.3, -0.25) is 0 Å². The van der Waals surface area contributed by atoms with Crippen LogP contribution in [0.4, 0.5) is 5.69 Å². The van der Waals surface area contributed by atoms with Crippen LogP contribution in [0, 0.1) is 6.92 Å². The van der Waals surface area contributed by atoms with E-state index in [0.29, 0.717) is 0 Å². The van der Waals surface area contributed by atoms with E-state index in [1.54, 1.807) is 0 Å². The lowest BCUT2D eigenvalue weighted by Crippen LogP contribution is -2.44. The van der Waals surface area contributed by atoms with Gasteiger partial charge in [-0.2, -0.15) is 0 Å². The molecule has 0 unspecified atom stereocenters. The lowest BCUT2D eigenvalue weighted by atomic mass is 10.1. The van der Waals surface area contributed by atoms with E-state index in [1.807, 2.05) is 18.2 Å². The standard InChI is InChI=1S/C13H20N4O/c1-10-9-11(13(14)15-18)3-4-12(10)17-7-5-16(2)6-8-17/h3-4,9,18H,5-8H2,1-2H3,(H2,14,15). The Morgan fingerprint density at radius 3 is 2.50 bits per heavy atom. The molecule has 1 saturated heterocycles. The Kier molecular flexibility index (Phi) is 3.72. The summed E-state index contributed by atoms with van der Waals surface area (Å²) < 4.78 is 0.